The van der Waals surface area contributed by atoms with Gasteiger partial charge in [-0.2, -0.15) is 8.42 Å². The molecule has 2 N–H and O–H groups in total. The summed E-state index contributed by atoms with van der Waals surface area (Å²) in [6.07, 6.45) is 0. The molecule has 0 aliphatic heterocycles. The van der Waals surface area contributed by atoms with E-state index in [4.69, 9.17) is 14.5 Å². The van der Waals surface area contributed by atoms with E-state index in [0.29, 0.717) is 5.39 Å². The van der Waals surface area contributed by atoms with Gasteiger partial charge in [0.25, 0.3) is 16.6 Å². The molecule has 5 nitrogen and oxygen atoms in total. The lowest BCUT2D eigenvalue weighted by molar-refractivity contribution is -0.122. The molecule has 0 saturated heterocycles. The molecule has 0 aliphatic rings. The van der Waals surface area contributed by atoms with Gasteiger partial charge in [0.2, 0.25) is 0 Å². The Hall–Kier alpha value is -1.92. The second kappa shape index (κ2) is 5.42. The zero-order valence-electron chi connectivity index (χ0n) is 8.65. The van der Waals surface area contributed by atoms with Crippen LogP contribution >= 0.6 is 0 Å². The molecule has 0 spiro atoms. The minimum atomic E-state index is -4.13. The fraction of sp³-hybridized carbons (Fsp3) is 0. The molecule has 0 atom stereocenters. The standard InChI is InChI=1S/C10H8O3S.CH2O2/c11-14(12,13)10-7-3-5-8-4-1-2-6-9(8)10;2-1-3/h1-7H,(H,11,12,13);1H,(H,2,3). The van der Waals surface area contributed by atoms with Crippen molar-refractivity contribution in [1.82, 2.24) is 0 Å². The van der Waals surface area contributed by atoms with E-state index in [1.807, 2.05) is 6.07 Å². The van der Waals surface area contributed by atoms with Crippen molar-refractivity contribution in [3.05, 3.63) is 42.5 Å². The molecule has 90 valence electrons. The predicted molar refractivity (Wildman–Crippen MR) is 62.5 cm³/mol. The topological polar surface area (TPSA) is 91.7 Å². The third kappa shape index (κ3) is 3.27. The third-order valence-corrected chi connectivity index (χ3v) is 2.94. The van der Waals surface area contributed by atoms with Gasteiger partial charge >= 0.3 is 0 Å². The van der Waals surface area contributed by atoms with E-state index in [9.17, 15) is 8.42 Å². The van der Waals surface area contributed by atoms with E-state index in [-0.39, 0.29) is 11.4 Å². The number of carbonyl (C=O) groups is 1. The Morgan fingerprint density at radius 3 is 2.12 bits per heavy atom. The first-order valence-corrected chi connectivity index (χ1v) is 5.98. The van der Waals surface area contributed by atoms with Gasteiger partial charge in [0.1, 0.15) is 4.90 Å². The quantitative estimate of drug-likeness (QED) is 0.598. The first-order valence-electron chi connectivity index (χ1n) is 4.54. The smallest absolute Gasteiger partial charge is 0.295 e. The number of fused-ring (bicyclic) bond motifs is 1. The van der Waals surface area contributed by atoms with Crippen molar-refractivity contribution >= 4 is 27.4 Å². The second-order valence-corrected chi connectivity index (χ2v) is 4.45. The monoisotopic (exact) mass is 254 g/mol. The summed E-state index contributed by atoms with van der Waals surface area (Å²) >= 11 is 0. The molecular formula is C11H10O5S. The van der Waals surface area contributed by atoms with Crippen LogP contribution in [-0.2, 0) is 14.9 Å². The highest BCUT2D eigenvalue weighted by Gasteiger charge is 2.12. The molecule has 0 aliphatic carbocycles. The van der Waals surface area contributed by atoms with Crippen molar-refractivity contribution in [3.8, 4) is 0 Å². The molecule has 0 aromatic heterocycles. The van der Waals surface area contributed by atoms with Crippen LogP contribution in [0.3, 0.4) is 0 Å². The number of carboxylic acid groups (broad SMARTS) is 1. The van der Waals surface area contributed by atoms with E-state index >= 15 is 0 Å². The van der Waals surface area contributed by atoms with Crippen LogP contribution in [0.5, 0.6) is 0 Å². The van der Waals surface area contributed by atoms with Crippen LogP contribution in [-0.4, -0.2) is 24.5 Å². The zero-order valence-corrected chi connectivity index (χ0v) is 9.46. The Morgan fingerprint density at radius 1 is 1.00 bits per heavy atom. The average Bonchev–Trinajstić information content (AvgIpc) is 2.28. The van der Waals surface area contributed by atoms with Crippen LogP contribution in [0.2, 0.25) is 0 Å². The molecular weight excluding hydrogens is 244 g/mol. The van der Waals surface area contributed by atoms with Crippen LogP contribution in [0.4, 0.5) is 0 Å². The SMILES string of the molecule is O=CO.O=S(=O)(O)c1cccc2ccccc12. The summed E-state index contributed by atoms with van der Waals surface area (Å²) in [6.45, 7) is -0.250. The molecule has 0 bridgehead atoms. The predicted octanol–water partition coefficient (Wildman–Crippen LogP) is 1.79. The fourth-order valence-electron chi connectivity index (χ4n) is 1.42. The first-order chi connectivity index (χ1) is 8.00. The summed E-state index contributed by atoms with van der Waals surface area (Å²) in [5.41, 5.74) is 0. The highest BCUT2D eigenvalue weighted by atomic mass is 32.2. The number of hydrogen-bond donors (Lipinski definition) is 2. The minimum Gasteiger partial charge on any atom is -0.483 e. The van der Waals surface area contributed by atoms with Crippen molar-refractivity contribution in [2.45, 2.75) is 4.90 Å². The third-order valence-electron chi connectivity index (χ3n) is 2.03. The number of rotatable bonds is 1. The lowest BCUT2D eigenvalue weighted by Crippen LogP contribution is -1.98. The summed E-state index contributed by atoms with van der Waals surface area (Å²) in [7, 11) is -4.13. The van der Waals surface area contributed by atoms with E-state index in [1.165, 1.54) is 6.07 Å². The summed E-state index contributed by atoms with van der Waals surface area (Å²) in [5, 5.41) is 8.22. The summed E-state index contributed by atoms with van der Waals surface area (Å²) < 4.78 is 31.0. The summed E-state index contributed by atoms with van der Waals surface area (Å²) in [6, 6.07) is 11.8. The summed E-state index contributed by atoms with van der Waals surface area (Å²) in [5.74, 6) is 0. The van der Waals surface area contributed by atoms with Gasteiger partial charge in [-0.05, 0) is 11.5 Å². The largest absolute Gasteiger partial charge is 0.483 e. The van der Waals surface area contributed by atoms with E-state index < -0.39 is 10.1 Å². The Bertz CT molecular complexity index is 613. The Balaban J connectivity index is 0.000000437. The lowest BCUT2D eigenvalue weighted by atomic mass is 10.1. The molecule has 0 unspecified atom stereocenters. The van der Waals surface area contributed by atoms with Gasteiger partial charge in [0.15, 0.2) is 0 Å². The average molecular weight is 254 g/mol. The Kier molecular flexibility index (Phi) is 4.19. The molecule has 6 heteroatoms. The van der Waals surface area contributed by atoms with Crippen LogP contribution in [0.1, 0.15) is 0 Å². The van der Waals surface area contributed by atoms with Gasteiger partial charge in [-0.15, -0.1) is 0 Å². The van der Waals surface area contributed by atoms with Gasteiger partial charge in [0.05, 0.1) is 0 Å². The molecule has 2 aromatic carbocycles. The van der Waals surface area contributed by atoms with Gasteiger partial charge in [-0.3, -0.25) is 9.35 Å². The maximum atomic E-state index is 11.0. The van der Waals surface area contributed by atoms with Crippen molar-refractivity contribution in [3.63, 3.8) is 0 Å². The normalized spacial score (nSPS) is 10.4. The molecule has 2 aromatic rings. The highest BCUT2D eigenvalue weighted by molar-refractivity contribution is 7.86. The van der Waals surface area contributed by atoms with Gasteiger partial charge < -0.3 is 5.11 Å². The number of hydrogen-bond acceptors (Lipinski definition) is 3. The van der Waals surface area contributed by atoms with Crippen LogP contribution in [0.25, 0.3) is 10.8 Å². The van der Waals surface area contributed by atoms with E-state index in [0.717, 1.165) is 5.39 Å². The minimum absolute atomic E-state index is 0.0457. The van der Waals surface area contributed by atoms with Crippen molar-refractivity contribution in [1.29, 1.82) is 0 Å². The Morgan fingerprint density at radius 2 is 1.53 bits per heavy atom. The first kappa shape index (κ1) is 13.1. The van der Waals surface area contributed by atoms with Crippen molar-refractivity contribution in [2.24, 2.45) is 0 Å². The maximum Gasteiger partial charge on any atom is 0.295 e. The molecule has 17 heavy (non-hydrogen) atoms. The maximum absolute atomic E-state index is 11.0. The molecule has 2 rings (SSSR count). The number of benzene rings is 2. The van der Waals surface area contributed by atoms with E-state index in [2.05, 4.69) is 0 Å². The molecule has 0 fully saturated rings. The summed E-state index contributed by atoms with van der Waals surface area (Å²) in [4.78, 5) is 8.32. The van der Waals surface area contributed by atoms with Gasteiger partial charge in [-0.1, -0.05) is 36.4 Å². The van der Waals surface area contributed by atoms with Crippen LogP contribution in [0, 0.1) is 0 Å². The Labute approximate surface area is 98.1 Å². The van der Waals surface area contributed by atoms with Gasteiger partial charge in [0, 0.05) is 5.39 Å². The molecule has 0 heterocycles. The van der Waals surface area contributed by atoms with Crippen LogP contribution < -0.4 is 0 Å². The lowest BCUT2D eigenvalue weighted by Gasteiger charge is -2.02. The molecule has 0 amide bonds. The highest BCUT2D eigenvalue weighted by Crippen LogP contribution is 2.21. The molecule has 0 radical (unpaired) electrons. The second-order valence-electron chi connectivity index (χ2n) is 3.06. The van der Waals surface area contributed by atoms with E-state index in [1.54, 1.807) is 30.3 Å². The van der Waals surface area contributed by atoms with Gasteiger partial charge in [-0.25, -0.2) is 0 Å². The fourth-order valence-corrected chi connectivity index (χ4v) is 2.13. The molecule has 0 saturated carbocycles. The van der Waals surface area contributed by atoms with Crippen LogP contribution in [0.15, 0.2) is 47.4 Å². The van der Waals surface area contributed by atoms with Crippen molar-refractivity contribution in [2.75, 3.05) is 0 Å². The zero-order chi connectivity index (χ0) is 12.9. The van der Waals surface area contributed by atoms with Crippen molar-refractivity contribution < 1.29 is 22.9 Å².